The predicted octanol–water partition coefficient (Wildman–Crippen LogP) is 4.71. The minimum atomic E-state index is -5.04. The quantitative estimate of drug-likeness (QED) is 0.306. The van der Waals surface area contributed by atoms with Gasteiger partial charge < -0.3 is 14.8 Å². The molecule has 184 valence electrons. The maximum atomic E-state index is 13.3. The normalized spacial score (nSPS) is 13.1. The molecule has 1 aromatic heterocycles. The summed E-state index contributed by atoms with van der Waals surface area (Å²) in [6, 6.07) is 6.10. The summed E-state index contributed by atoms with van der Waals surface area (Å²) >= 11 is 0. The van der Waals surface area contributed by atoms with Gasteiger partial charge in [-0.15, -0.1) is 0 Å². The molecule has 1 N–H and O–H groups in total. The van der Waals surface area contributed by atoms with E-state index in [4.69, 9.17) is 9.47 Å². The number of ether oxygens (including phenoxy) is 2. The van der Waals surface area contributed by atoms with E-state index in [9.17, 15) is 41.3 Å². The first-order chi connectivity index (χ1) is 16.3. The number of hydrogen-bond donors (Lipinski definition) is 1. The smallest absolute Gasteiger partial charge is 0.433 e. The number of fused-ring (bicyclic) bond motifs is 1. The van der Waals surface area contributed by atoms with Crippen LogP contribution >= 0.6 is 0 Å². The third kappa shape index (κ3) is 4.97. The van der Waals surface area contributed by atoms with Gasteiger partial charge in [-0.05, 0) is 29.8 Å². The van der Waals surface area contributed by atoms with E-state index in [1.54, 1.807) is 0 Å². The summed E-state index contributed by atoms with van der Waals surface area (Å²) in [4.78, 5) is 26.2. The highest BCUT2D eigenvalue weighted by molar-refractivity contribution is 5.68. The van der Waals surface area contributed by atoms with Crippen LogP contribution in [-0.4, -0.2) is 21.3 Å². The molecule has 2 aromatic carbocycles. The summed E-state index contributed by atoms with van der Waals surface area (Å²) in [5.74, 6) is -0.0426. The number of nitro groups is 1. The van der Waals surface area contributed by atoms with Crippen molar-refractivity contribution in [2.45, 2.75) is 18.9 Å². The van der Waals surface area contributed by atoms with Gasteiger partial charge in [0.05, 0.1) is 17.0 Å². The van der Waals surface area contributed by atoms with Crippen LogP contribution in [0.1, 0.15) is 16.8 Å². The van der Waals surface area contributed by atoms with Gasteiger partial charge in [0, 0.05) is 12.1 Å². The molecule has 1 aliphatic rings. The molecule has 0 aliphatic carbocycles. The van der Waals surface area contributed by atoms with Crippen molar-refractivity contribution in [1.29, 1.82) is 0 Å². The molecule has 2 heterocycles. The lowest BCUT2D eigenvalue weighted by Gasteiger charge is -2.17. The van der Waals surface area contributed by atoms with Crippen LogP contribution in [0.4, 0.5) is 43.7 Å². The fourth-order valence-electron chi connectivity index (χ4n) is 3.21. The first kappa shape index (κ1) is 23.8. The van der Waals surface area contributed by atoms with E-state index in [1.807, 2.05) is 0 Å². The summed E-state index contributed by atoms with van der Waals surface area (Å²) in [7, 11) is 0. The number of nitro benzene ring substituents is 1. The number of hydrogen-bond acceptors (Lipinski definition) is 7. The molecule has 3 aromatic rings. The molecule has 0 amide bonds. The van der Waals surface area contributed by atoms with E-state index in [2.05, 4.69) is 10.3 Å². The Morgan fingerprint density at radius 3 is 2.37 bits per heavy atom. The Morgan fingerprint density at radius 2 is 1.71 bits per heavy atom. The molecule has 0 spiro atoms. The Labute approximate surface area is 190 Å². The second kappa shape index (κ2) is 8.48. The maximum absolute atomic E-state index is 13.3. The lowest BCUT2D eigenvalue weighted by molar-refractivity contribution is -0.384. The van der Waals surface area contributed by atoms with Crippen molar-refractivity contribution in [1.82, 2.24) is 9.55 Å². The van der Waals surface area contributed by atoms with Gasteiger partial charge >= 0.3 is 12.4 Å². The zero-order chi connectivity index (χ0) is 25.5. The van der Waals surface area contributed by atoms with Crippen molar-refractivity contribution in [3.63, 3.8) is 0 Å². The minimum absolute atomic E-state index is 0.0506. The fraction of sp³-hybridized carbons (Fsp3) is 0.200. The number of rotatable bonds is 5. The number of anilines is 2. The molecule has 9 nitrogen and oxygen atoms in total. The van der Waals surface area contributed by atoms with Crippen LogP contribution in [0.15, 0.2) is 47.3 Å². The number of halogens is 6. The van der Waals surface area contributed by atoms with Gasteiger partial charge in [-0.2, -0.15) is 26.3 Å². The monoisotopic (exact) mass is 502 g/mol. The second-order valence-corrected chi connectivity index (χ2v) is 7.19. The summed E-state index contributed by atoms with van der Waals surface area (Å²) in [5, 5.41) is 13.6. The van der Waals surface area contributed by atoms with Crippen molar-refractivity contribution >= 4 is 17.3 Å². The van der Waals surface area contributed by atoms with Crippen LogP contribution in [-0.2, 0) is 18.9 Å². The lowest BCUT2D eigenvalue weighted by Crippen LogP contribution is -2.27. The average molecular weight is 502 g/mol. The van der Waals surface area contributed by atoms with Gasteiger partial charge in [0.2, 0.25) is 12.7 Å². The maximum Gasteiger partial charge on any atom is 0.433 e. The second-order valence-electron chi connectivity index (χ2n) is 7.19. The van der Waals surface area contributed by atoms with E-state index in [-0.39, 0.29) is 25.5 Å². The Bertz CT molecular complexity index is 1370. The van der Waals surface area contributed by atoms with Crippen LogP contribution in [0.5, 0.6) is 11.5 Å². The highest BCUT2D eigenvalue weighted by Gasteiger charge is 2.35. The zero-order valence-corrected chi connectivity index (χ0v) is 17.1. The molecule has 15 heteroatoms. The molecule has 35 heavy (non-hydrogen) atoms. The molecule has 0 fully saturated rings. The molecule has 0 saturated carbocycles. The molecule has 4 rings (SSSR count). The Hall–Kier alpha value is -4.30. The van der Waals surface area contributed by atoms with Crippen LogP contribution in [0.3, 0.4) is 0 Å². The van der Waals surface area contributed by atoms with E-state index < -0.39 is 51.4 Å². The highest BCUT2D eigenvalue weighted by Crippen LogP contribution is 2.37. The average Bonchev–Trinajstić information content (AvgIpc) is 3.22. The van der Waals surface area contributed by atoms with E-state index in [0.717, 1.165) is 4.57 Å². The lowest BCUT2D eigenvalue weighted by atomic mass is 10.1. The molecular formula is C20H12F6N4O5. The Kier molecular flexibility index (Phi) is 5.78. The summed E-state index contributed by atoms with van der Waals surface area (Å²) in [5.41, 5.74) is -5.41. The van der Waals surface area contributed by atoms with Crippen molar-refractivity contribution < 1.29 is 40.7 Å². The standard InChI is InChI=1S/C20H12F6N4O5/c21-19(22,23)11-2-3-12(13(6-11)30(32)33)27-18-28-16(20(24,25)26)7-17(31)29(18)8-10-1-4-14-15(5-10)35-9-34-14/h1-7H,8-9H2,(H,27,28). The zero-order valence-electron chi connectivity index (χ0n) is 17.1. The van der Waals surface area contributed by atoms with Crippen molar-refractivity contribution in [3.05, 3.63) is 79.8 Å². The van der Waals surface area contributed by atoms with Crippen LogP contribution in [0, 0.1) is 10.1 Å². The van der Waals surface area contributed by atoms with Crippen molar-refractivity contribution in [2.75, 3.05) is 12.1 Å². The highest BCUT2D eigenvalue weighted by atomic mass is 19.4. The first-order valence-electron chi connectivity index (χ1n) is 9.53. The molecule has 0 radical (unpaired) electrons. The predicted molar refractivity (Wildman–Crippen MR) is 107 cm³/mol. The van der Waals surface area contributed by atoms with Crippen molar-refractivity contribution in [3.8, 4) is 11.5 Å². The topological polar surface area (TPSA) is 109 Å². The van der Waals surface area contributed by atoms with Gasteiger partial charge in [-0.25, -0.2) is 4.98 Å². The van der Waals surface area contributed by atoms with E-state index in [0.29, 0.717) is 29.2 Å². The minimum Gasteiger partial charge on any atom is -0.454 e. The largest absolute Gasteiger partial charge is 0.454 e. The van der Waals surface area contributed by atoms with Gasteiger partial charge in [-0.3, -0.25) is 19.5 Å². The Balaban J connectivity index is 1.80. The van der Waals surface area contributed by atoms with E-state index >= 15 is 0 Å². The summed E-state index contributed by atoms with van der Waals surface area (Å²) < 4.78 is 89.9. The number of alkyl halides is 6. The third-order valence-corrected chi connectivity index (χ3v) is 4.84. The summed E-state index contributed by atoms with van der Waals surface area (Å²) in [6.45, 7) is -0.400. The molecule has 0 atom stereocenters. The molecule has 1 aliphatic heterocycles. The van der Waals surface area contributed by atoms with Crippen LogP contribution < -0.4 is 20.3 Å². The van der Waals surface area contributed by atoms with Crippen LogP contribution in [0.2, 0.25) is 0 Å². The number of nitrogens with zero attached hydrogens (tertiary/aromatic N) is 3. The third-order valence-electron chi connectivity index (χ3n) is 4.84. The van der Waals surface area contributed by atoms with Gasteiger partial charge in [-0.1, -0.05) is 6.07 Å². The first-order valence-corrected chi connectivity index (χ1v) is 9.53. The SMILES string of the molecule is O=c1cc(C(F)(F)F)nc(Nc2ccc(C(F)(F)F)cc2[N+](=O)[O-])n1Cc1ccc2c(c1)OCO2. The number of benzene rings is 2. The van der Waals surface area contributed by atoms with Gasteiger partial charge in [0.1, 0.15) is 5.69 Å². The fourth-order valence-corrected chi connectivity index (χ4v) is 3.21. The van der Waals surface area contributed by atoms with Crippen LogP contribution in [0.25, 0.3) is 0 Å². The number of nitrogens with one attached hydrogen (secondary N) is 1. The van der Waals surface area contributed by atoms with Gasteiger partial charge in [0.15, 0.2) is 17.2 Å². The Morgan fingerprint density at radius 1 is 1.00 bits per heavy atom. The van der Waals surface area contributed by atoms with Gasteiger partial charge in [0.25, 0.3) is 11.2 Å². The molecular weight excluding hydrogens is 490 g/mol. The molecule has 0 unspecified atom stereocenters. The summed E-state index contributed by atoms with van der Waals surface area (Å²) in [6.07, 6.45) is -9.95. The van der Waals surface area contributed by atoms with E-state index in [1.165, 1.54) is 18.2 Å². The molecule has 0 saturated heterocycles. The molecule has 0 bridgehead atoms. The van der Waals surface area contributed by atoms with Crippen molar-refractivity contribution in [2.24, 2.45) is 0 Å². The number of aromatic nitrogens is 2.